The Morgan fingerprint density at radius 2 is 0.851 bits per heavy atom. The second-order valence-electron chi connectivity index (χ2n) is 13.1. The number of hydrogen-bond donors (Lipinski definition) is 0. The first-order chi connectivity index (χ1) is 22.5. The second-order valence-corrected chi connectivity index (χ2v) is 16.2. The van der Waals surface area contributed by atoms with E-state index >= 15 is 4.57 Å². The molecule has 4 aromatic carbocycles. The third-order valence-corrected chi connectivity index (χ3v) is 13.6. The highest BCUT2D eigenvalue weighted by Crippen LogP contribution is 2.64. The lowest BCUT2D eigenvalue weighted by molar-refractivity contribution is 0.388. The van der Waals surface area contributed by atoms with Crippen LogP contribution in [0.3, 0.4) is 0 Å². The largest absolute Gasteiger partial charge is 0.371 e. The van der Waals surface area contributed by atoms with Crippen LogP contribution in [-0.2, 0) is 28.7 Å². The Balaban J connectivity index is 0.00000351. The predicted molar refractivity (Wildman–Crippen MR) is 189 cm³/mol. The van der Waals surface area contributed by atoms with E-state index in [1.165, 1.54) is 0 Å². The maximum atomic E-state index is 16.2. The topological polar surface area (TPSA) is 73.7 Å². The number of hydrogen-bond acceptors (Lipinski definition) is 7. The molecular weight excluding hydrogens is 607 g/mol. The minimum atomic E-state index is -3.33. The lowest BCUT2D eigenvalue weighted by Crippen LogP contribution is -2.35. The quantitative estimate of drug-likeness (QED) is 0.119. The number of rotatable bonds is 15. The standard InChI is InChI=1S/C38H41N2O5P.CH4/c1-38(46(41,36-8-4-2-5-9-36)37-10-6-3-7-11-37,28-12-16-30(17-13-28)39(20-32-24-42-32)21-33-25-43-33)29-14-18-31(19-15-29)40(22-34-26-44-34)23-35-27-45-35;/h2-19,32-35H,20-27H2,1H3;1H4. The lowest BCUT2D eigenvalue weighted by atomic mass is 9.91. The van der Waals surface area contributed by atoms with Gasteiger partial charge in [0.1, 0.15) is 0 Å². The van der Waals surface area contributed by atoms with E-state index in [4.69, 9.17) is 18.9 Å². The lowest BCUT2D eigenvalue weighted by Gasteiger charge is -2.40. The summed E-state index contributed by atoms with van der Waals surface area (Å²) in [4.78, 5) is 4.72. The molecule has 0 bridgehead atoms. The molecule has 4 aromatic rings. The third-order valence-electron chi connectivity index (χ3n) is 9.76. The van der Waals surface area contributed by atoms with Gasteiger partial charge in [-0.3, -0.25) is 0 Å². The molecule has 4 aliphatic heterocycles. The number of nitrogens with zero attached hydrogens (tertiary/aromatic N) is 2. The van der Waals surface area contributed by atoms with Crippen LogP contribution >= 0.6 is 7.14 Å². The van der Waals surface area contributed by atoms with Gasteiger partial charge in [0.25, 0.3) is 0 Å². The average molecular weight is 653 g/mol. The molecule has 0 N–H and O–H groups in total. The summed E-state index contributed by atoms with van der Waals surface area (Å²) in [6.45, 7) is 8.79. The Bertz CT molecular complexity index is 1520. The molecule has 0 aliphatic carbocycles. The zero-order valence-corrected chi connectivity index (χ0v) is 27.1. The van der Waals surface area contributed by atoms with Gasteiger partial charge in [-0.25, -0.2) is 0 Å². The van der Waals surface area contributed by atoms with E-state index in [9.17, 15) is 0 Å². The Labute approximate surface area is 278 Å². The van der Waals surface area contributed by atoms with Gasteiger partial charge < -0.3 is 33.3 Å². The van der Waals surface area contributed by atoms with Crippen LogP contribution in [0.2, 0.25) is 0 Å². The van der Waals surface area contributed by atoms with Crippen LogP contribution in [0.1, 0.15) is 25.5 Å². The molecule has 8 heteroatoms. The molecule has 0 radical (unpaired) electrons. The third kappa shape index (κ3) is 6.78. The normalized spacial score (nSPS) is 23.6. The zero-order chi connectivity index (χ0) is 31.1. The number of benzene rings is 4. The predicted octanol–water partition coefficient (Wildman–Crippen LogP) is 5.81. The fourth-order valence-electron chi connectivity index (χ4n) is 6.71. The van der Waals surface area contributed by atoms with Crippen molar-refractivity contribution in [3.05, 3.63) is 120 Å². The molecule has 4 unspecified atom stereocenters. The van der Waals surface area contributed by atoms with E-state index in [0.29, 0.717) is 0 Å². The summed E-state index contributed by atoms with van der Waals surface area (Å²) in [7, 11) is -3.33. The highest BCUT2D eigenvalue weighted by Gasteiger charge is 2.49. The van der Waals surface area contributed by atoms with Crippen LogP contribution in [0.5, 0.6) is 0 Å². The molecule has 0 aromatic heterocycles. The summed E-state index contributed by atoms with van der Waals surface area (Å²) >= 11 is 0. The Kier molecular flexibility index (Phi) is 9.03. The van der Waals surface area contributed by atoms with Gasteiger partial charge >= 0.3 is 0 Å². The molecule has 0 saturated carbocycles. The molecule has 4 heterocycles. The second kappa shape index (κ2) is 13.2. The maximum absolute atomic E-state index is 16.2. The highest BCUT2D eigenvalue weighted by molar-refractivity contribution is 7.79. The van der Waals surface area contributed by atoms with Gasteiger partial charge in [0.15, 0.2) is 7.14 Å². The van der Waals surface area contributed by atoms with E-state index in [2.05, 4.69) is 65.3 Å². The van der Waals surface area contributed by atoms with Crippen molar-refractivity contribution in [3.8, 4) is 0 Å². The smallest absolute Gasteiger partial charge is 0.157 e. The first-order valence-corrected chi connectivity index (χ1v) is 18.1. The van der Waals surface area contributed by atoms with Crippen molar-refractivity contribution < 1.29 is 23.5 Å². The fraction of sp³-hybridized carbons (Fsp3) is 0.385. The van der Waals surface area contributed by atoms with Crippen LogP contribution in [0.25, 0.3) is 0 Å². The molecular formula is C39H45N2O5P. The Morgan fingerprint density at radius 3 is 1.13 bits per heavy atom. The van der Waals surface area contributed by atoms with Crippen molar-refractivity contribution in [1.29, 1.82) is 0 Å². The van der Waals surface area contributed by atoms with Crippen LogP contribution < -0.4 is 20.4 Å². The van der Waals surface area contributed by atoms with Crippen LogP contribution in [0.15, 0.2) is 109 Å². The van der Waals surface area contributed by atoms with Gasteiger partial charge in [0.2, 0.25) is 0 Å². The first-order valence-electron chi connectivity index (χ1n) is 16.4. The summed E-state index contributed by atoms with van der Waals surface area (Å²) in [5.74, 6) is 0. The molecule has 7 nitrogen and oxygen atoms in total. The molecule has 0 amide bonds. The zero-order valence-electron chi connectivity index (χ0n) is 26.2. The Hall–Kier alpha value is -3.45. The first kappa shape index (κ1) is 32.1. The summed E-state index contributed by atoms with van der Waals surface area (Å²) < 4.78 is 38.5. The van der Waals surface area contributed by atoms with Crippen molar-refractivity contribution >= 4 is 29.1 Å². The molecule has 4 saturated heterocycles. The van der Waals surface area contributed by atoms with Gasteiger partial charge in [0.05, 0.1) is 56.0 Å². The van der Waals surface area contributed by atoms with E-state index in [1.54, 1.807) is 0 Å². The Morgan fingerprint density at radius 1 is 0.553 bits per heavy atom. The van der Waals surface area contributed by atoms with E-state index in [1.807, 2.05) is 60.7 Å². The number of anilines is 2. The van der Waals surface area contributed by atoms with Gasteiger partial charge in [0, 0.05) is 48.2 Å². The molecule has 47 heavy (non-hydrogen) atoms. The molecule has 8 rings (SSSR count). The summed E-state index contributed by atoms with van der Waals surface area (Å²) in [6, 6.07) is 37.5. The van der Waals surface area contributed by atoms with Crippen molar-refractivity contribution in [2.45, 2.75) is 43.9 Å². The minimum absolute atomic E-state index is 0. The van der Waals surface area contributed by atoms with Crippen molar-refractivity contribution in [3.63, 3.8) is 0 Å². The van der Waals surface area contributed by atoms with E-state index in [0.717, 1.165) is 85.7 Å². The summed E-state index contributed by atoms with van der Waals surface area (Å²) in [6.07, 6.45) is 1.10. The monoisotopic (exact) mass is 652 g/mol. The SMILES string of the molecule is C.CC(c1ccc(N(CC2CO2)CC2CO2)cc1)(c1ccc(N(CC2CO2)CC2CO2)cc1)P(=O)(c1ccccc1)c1ccccc1. The van der Waals surface area contributed by atoms with Gasteiger partial charge in [-0.1, -0.05) is 92.4 Å². The summed E-state index contributed by atoms with van der Waals surface area (Å²) in [5.41, 5.74) is 4.28. The molecule has 4 fully saturated rings. The van der Waals surface area contributed by atoms with Crippen LogP contribution in [0, 0.1) is 0 Å². The maximum Gasteiger partial charge on any atom is 0.157 e. The van der Waals surface area contributed by atoms with Gasteiger partial charge in [-0.2, -0.15) is 0 Å². The van der Waals surface area contributed by atoms with Crippen LogP contribution in [-0.4, -0.2) is 77.0 Å². The highest BCUT2D eigenvalue weighted by atomic mass is 31.2. The van der Waals surface area contributed by atoms with Crippen molar-refractivity contribution in [1.82, 2.24) is 0 Å². The van der Waals surface area contributed by atoms with Crippen LogP contribution in [0.4, 0.5) is 11.4 Å². The van der Waals surface area contributed by atoms with Gasteiger partial charge in [-0.05, 0) is 42.3 Å². The van der Waals surface area contributed by atoms with E-state index in [-0.39, 0.29) is 31.8 Å². The molecule has 4 atom stereocenters. The van der Waals surface area contributed by atoms with Gasteiger partial charge in [-0.15, -0.1) is 0 Å². The average Bonchev–Trinajstić information content (AvgIpc) is 3.90. The summed E-state index contributed by atoms with van der Waals surface area (Å²) in [5, 5.41) is 0.822. The molecule has 4 aliphatic rings. The molecule has 246 valence electrons. The fourth-order valence-corrected chi connectivity index (χ4v) is 10.3. The van der Waals surface area contributed by atoms with Crippen molar-refractivity contribution in [2.75, 3.05) is 62.4 Å². The van der Waals surface area contributed by atoms with Crippen molar-refractivity contribution in [2.24, 2.45) is 0 Å². The minimum Gasteiger partial charge on any atom is -0.371 e. The number of ether oxygens (including phenoxy) is 4. The number of epoxide rings is 4. The molecule has 0 spiro atoms. The van der Waals surface area contributed by atoms with E-state index < -0.39 is 12.3 Å².